The highest BCUT2D eigenvalue weighted by Crippen LogP contribution is 2.48. The van der Waals surface area contributed by atoms with Crippen molar-refractivity contribution >= 4 is 223 Å². The molecule has 3 atom stereocenters. The fraction of sp³-hybridized carbons (Fsp3) is 0.368. The minimum absolute atomic E-state index is 0.00244. The van der Waals surface area contributed by atoms with E-state index in [2.05, 4.69) is 263 Å². The van der Waals surface area contributed by atoms with Gasteiger partial charge in [0.05, 0.1) is 63.0 Å². The van der Waals surface area contributed by atoms with Crippen LogP contribution in [0.25, 0.3) is 0 Å². The molecule has 0 saturated carbocycles. The summed E-state index contributed by atoms with van der Waals surface area (Å²) in [6.45, 7) is 16.5. The Morgan fingerprint density at radius 1 is 0.338 bits per heavy atom. The highest BCUT2D eigenvalue weighted by Gasteiger charge is 2.34. The molecular formula is C57H54Br14O9. The Labute approximate surface area is 586 Å². The van der Waals surface area contributed by atoms with Gasteiger partial charge in [0, 0.05) is 40.7 Å². The molecule has 3 N–H and O–H groups in total. The highest BCUT2D eigenvalue weighted by atomic mass is 79.9. The summed E-state index contributed by atoms with van der Waals surface area (Å²) in [5, 5.41) is 33.0. The molecule has 6 aromatic carbocycles. The Hall–Kier alpha value is 0.880. The zero-order chi connectivity index (χ0) is 59.6. The Bertz CT molecular complexity index is 3090. The maximum absolute atomic E-state index is 11.4. The zero-order valence-electron chi connectivity index (χ0n) is 44.0. The van der Waals surface area contributed by atoms with Crippen LogP contribution in [0.15, 0.2) is 135 Å². The second-order valence-corrected chi connectivity index (χ2v) is 32.9. The number of aliphatic hydroxyl groups excluding tert-OH is 3. The van der Waals surface area contributed by atoms with E-state index in [1.165, 1.54) is 0 Å². The number of halogens is 14. The van der Waals surface area contributed by atoms with Crippen LogP contribution >= 0.6 is 223 Å². The molecule has 0 radical (unpaired) electrons. The van der Waals surface area contributed by atoms with Gasteiger partial charge in [-0.2, -0.15) is 0 Å². The van der Waals surface area contributed by atoms with E-state index in [9.17, 15) is 15.3 Å². The summed E-state index contributed by atoms with van der Waals surface area (Å²) in [6.07, 6.45) is -2.40. The quantitative estimate of drug-likeness (QED) is 0.0545. The van der Waals surface area contributed by atoms with E-state index in [0.29, 0.717) is 28.7 Å². The van der Waals surface area contributed by atoms with Gasteiger partial charge in [0.1, 0.15) is 73.0 Å². The molecule has 0 spiro atoms. The van der Waals surface area contributed by atoms with Gasteiger partial charge in [-0.3, -0.25) is 0 Å². The number of benzene rings is 6. The molecule has 23 heteroatoms. The molecule has 0 aromatic heterocycles. The van der Waals surface area contributed by atoms with Crippen molar-refractivity contribution in [3.63, 3.8) is 0 Å². The normalized spacial score (nSPS) is 13.5. The first-order chi connectivity index (χ1) is 37.1. The molecule has 0 bridgehead atoms. The largest absolute Gasteiger partial charge is 0.489 e. The standard InChI is InChI=1S/C57H54Br14O9/c1-54(2,80-53-42(66)15-30(16-43(53)67)56(5,6)29-13-40(64)50(41(65)14-29)76-23-34(73)24-77-51-44(68)17-31(58)18-45(51)69)21-33(72)22-75-49-38(62)11-28(12-39(49)63)55(3,4)27-9-36(60)48(37(61)10-27)57(7,8)79-26-35(74)25-78-52-46(70)19-32(59)20-47(52)71/h9-20,33-35,72-74H,21-26H2,1-8H3. The van der Waals surface area contributed by atoms with Crippen molar-refractivity contribution in [1.82, 2.24) is 0 Å². The maximum Gasteiger partial charge on any atom is 0.148 e. The Balaban J connectivity index is 1.05. The topological polar surface area (TPSA) is 116 Å². The van der Waals surface area contributed by atoms with Gasteiger partial charge in [-0.25, -0.2) is 0 Å². The van der Waals surface area contributed by atoms with Crippen LogP contribution in [0.5, 0.6) is 28.7 Å². The van der Waals surface area contributed by atoms with Gasteiger partial charge in [-0.05, 0) is 282 Å². The van der Waals surface area contributed by atoms with E-state index in [-0.39, 0.29) is 39.5 Å². The first kappa shape index (κ1) is 70.0. The molecule has 0 fully saturated rings. The molecular weight excluding hydrogens is 1950 g/mol. The second-order valence-electron chi connectivity index (χ2n) is 20.9. The molecule has 0 amide bonds. The van der Waals surface area contributed by atoms with Gasteiger partial charge in [-0.15, -0.1) is 0 Å². The molecule has 9 nitrogen and oxygen atoms in total. The monoisotopic (exact) mass is 1990 g/mol. The number of hydrogen-bond acceptors (Lipinski definition) is 9. The van der Waals surface area contributed by atoms with Crippen molar-refractivity contribution < 1.29 is 43.7 Å². The third-order valence-electron chi connectivity index (χ3n) is 12.9. The zero-order valence-corrected chi connectivity index (χ0v) is 66.2. The summed E-state index contributed by atoms with van der Waals surface area (Å²) in [7, 11) is 0. The highest BCUT2D eigenvalue weighted by molar-refractivity contribution is 9.13. The van der Waals surface area contributed by atoms with E-state index in [1.807, 2.05) is 88.4 Å². The Morgan fingerprint density at radius 3 is 0.900 bits per heavy atom. The van der Waals surface area contributed by atoms with Crippen molar-refractivity contribution in [2.75, 3.05) is 33.0 Å². The van der Waals surface area contributed by atoms with Crippen LogP contribution in [-0.2, 0) is 21.2 Å². The molecule has 434 valence electrons. The third-order valence-corrected chi connectivity index (χ3v) is 20.9. The lowest BCUT2D eigenvalue weighted by molar-refractivity contribution is -0.0725. The molecule has 80 heavy (non-hydrogen) atoms. The summed E-state index contributed by atoms with van der Waals surface area (Å²) in [4.78, 5) is 0. The number of ether oxygens (including phenoxy) is 6. The van der Waals surface area contributed by atoms with E-state index in [4.69, 9.17) is 28.4 Å². The van der Waals surface area contributed by atoms with Crippen LogP contribution in [0, 0.1) is 0 Å². The number of hydrogen-bond donors (Lipinski definition) is 3. The van der Waals surface area contributed by atoms with Gasteiger partial charge in [-0.1, -0.05) is 91.4 Å². The lowest BCUT2D eigenvalue weighted by Gasteiger charge is -2.32. The molecule has 0 aliphatic heterocycles. The van der Waals surface area contributed by atoms with Crippen molar-refractivity contribution in [3.8, 4) is 28.7 Å². The third kappa shape index (κ3) is 18.0. The minimum Gasteiger partial charge on any atom is -0.489 e. The van der Waals surface area contributed by atoms with Gasteiger partial charge in [0.15, 0.2) is 0 Å². The molecule has 0 aliphatic carbocycles. The summed E-state index contributed by atoms with van der Waals surface area (Å²) < 4.78 is 48.0. The molecule has 0 aliphatic rings. The summed E-state index contributed by atoms with van der Waals surface area (Å²) in [6, 6.07) is 23.9. The van der Waals surface area contributed by atoms with Crippen LogP contribution in [-0.4, -0.2) is 72.3 Å². The van der Waals surface area contributed by atoms with E-state index in [0.717, 1.165) is 90.4 Å². The molecule has 0 saturated heterocycles. The fourth-order valence-corrected chi connectivity index (χ4v) is 19.7. The minimum atomic E-state index is -0.902. The average Bonchev–Trinajstić information content (AvgIpc) is 3.32. The maximum atomic E-state index is 11.4. The first-order valence-corrected chi connectivity index (χ1v) is 35.4. The summed E-state index contributed by atoms with van der Waals surface area (Å²) in [5.41, 5.74) is 2.39. The van der Waals surface area contributed by atoms with Crippen molar-refractivity contribution in [2.45, 2.75) is 102 Å². The van der Waals surface area contributed by atoms with Gasteiger partial charge >= 0.3 is 0 Å². The van der Waals surface area contributed by atoms with Crippen LogP contribution in [0.2, 0.25) is 0 Å². The van der Waals surface area contributed by atoms with Gasteiger partial charge < -0.3 is 43.7 Å². The predicted molar refractivity (Wildman–Crippen MR) is 369 cm³/mol. The van der Waals surface area contributed by atoms with E-state index in [1.54, 1.807) is 0 Å². The SMILES string of the molecule is CC(C)(CC(O)COc1c(Br)cc(C(C)(C)c2cc(Br)c(C(C)(C)OCC(O)COc3c(Br)cc(Br)cc3Br)c(Br)c2)cc1Br)Oc1c(Br)cc(C(C)(C)c2cc(Br)c(OCC(O)COc3c(Br)cc(Br)cc3Br)c(Br)c2)cc1Br. The molecule has 0 heterocycles. The van der Waals surface area contributed by atoms with Crippen molar-refractivity contribution in [3.05, 3.63) is 163 Å². The Morgan fingerprint density at radius 2 is 0.588 bits per heavy atom. The van der Waals surface area contributed by atoms with Crippen molar-refractivity contribution in [2.24, 2.45) is 0 Å². The first-order valence-electron chi connectivity index (χ1n) is 24.3. The van der Waals surface area contributed by atoms with Gasteiger partial charge in [0.25, 0.3) is 0 Å². The van der Waals surface area contributed by atoms with Crippen LogP contribution < -0.4 is 23.7 Å². The summed E-state index contributed by atoms with van der Waals surface area (Å²) >= 11 is 51.2. The summed E-state index contributed by atoms with van der Waals surface area (Å²) in [5.74, 6) is 2.90. The molecule has 3 unspecified atom stereocenters. The Kier molecular flexibility index (Phi) is 25.8. The molecule has 6 aromatic rings. The number of rotatable bonds is 24. The lowest BCUT2D eigenvalue weighted by Crippen LogP contribution is -2.35. The van der Waals surface area contributed by atoms with Crippen molar-refractivity contribution in [1.29, 1.82) is 0 Å². The fourth-order valence-electron chi connectivity index (χ4n) is 8.45. The van der Waals surface area contributed by atoms with E-state index >= 15 is 0 Å². The predicted octanol–water partition coefficient (Wildman–Crippen LogP) is 21.5. The van der Waals surface area contributed by atoms with E-state index < -0.39 is 40.3 Å². The van der Waals surface area contributed by atoms with Crippen LogP contribution in [0.4, 0.5) is 0 Å². The average molecular weight is 2000 g/mol. The van der Waals surface area contributed by atoms with Crippen LogP contribution in [0.3, 0.4) is 0 Å². The lowest BCUT2D eigenvalue weighted by atomic mass is 9.77. The smallest absolute Gasteiger partial charge is 0.148 e. The van der Waals surface area contributed by atoms with Crippen LogP contribution in [0.1, 0.15) is 89.6 Å². The molecule has 6 rings (SSSR count). The van der Waals surface area contributed by atoms with Gasteiger partial charge in [0.2, 0.25) is 0 Å². The number of aliphatic hydroxyl groups is 3. The second kappa shape index (κ2) is 29.5.